The van der Waals surface area contributed by atoms with Crippen molar-refractivity contribution in [2.45, 2.75) is 13.3 Å². The van der Waals surface area contributed by atoms with Crippen molar-refractivity contribution >= 4 is 15.9 Å². The maximum absolute atomic E-state index is 5.73. The van der Waals surface area contributed by atoms with Crippen molar-refractivity contribution in [2.24, 2.45) is 0 Å². The number of nitrogens with zero attached hydrogens (tertiary/aromatic N) is 1. The summed E-state index contributed by atoms with van der Waals surface area (Å²) in [6.45, 7) is 2.93. The number of benzene rings is 1. The van der Waals surface area contributed by atoms with E-state index in [-0.39, 0.29) is 0 Å². The smallest absolute Gasteiger partial charge is 0.196 e. The van der Waals surface area contributed by atoms with Crippen molar-refractivity contribution in [1.82, 2.24) is 10.3 Å². The van der Waals surface area contributed by atoms with Gasteiger partial charge in [-0.25, -0.2) is 4.98 Å². The fourth-order valence-electron chi connectivity index (χ4n) is 1.62. The molecule has 3 nitrogen and oxygen atoms in total. The minimum absolute atomic E-state index is 0.766. The third-order valence-electron chi connectivity index (χ3n) is 2.60. The Morgan fingerprint density at radius 1 is 1.41 bits per heavy atom. The maximum atomic E-state index is 5.73. The van der Waals surface area contributed by atoms with Gasteiger partial charge in [-0.1, -0.05) is 18.2 Å². The predicted molar refractivity (Wildman–Crippen MR) is 72.0 cm³/mol. The van der Waals surface area contributed by atoms with Crippen LogP contribution in [-0.2, 0) is 6.42 Å². The second-order valence-corrected chi connectivity index (χ2v) is 4.70. The number of halogens is 1. The maximum Gasteiger partial charge on any atom is 0.196 e. The van der Waals surface area contributed by atoms with E-state index in [4.69, 9.17) is 4.42 Å². The van der Waals surface area contributed by atoms with Gasteiger partial charge in [-0.2, -0.15) is 0 Å². The first-order chi connectivity index (χ1) is 8.22. The largest absolute Gasteiger partial charge is 0.441 e. The number of likely N-dealkylation sites (N-methyl/N-ethyl adjacent to an activating group) is 1. The SMILES string of the molecule is CNCCc1ncc(-c2cccc(C)c2Br)o1. The van der Waals surface area contributed by atoms with Crippen LogP contribution in [0.1, 0.15) is 11.5 Å². The van der Waals surface area contributed by atoms with Crippen LogP contribution in [0.25, 0.3) is 11.3 Å². The van der Waals surface area contributed by atoms with Crippen LogP contribution in [0.2, 0.25) is 0 Å². The summed E-state index contributed by atoms with van der Waals surface area (Å²) in [6, 6.07) is 6.11. The van der Waals surface area contributed by atoms with Gasteiger partial charge < -0.3 is 9.73 Å². The van der Waals surface area contributed by atoms with Crippen molar-refractivity contribution in [1.29, 1.82) is 0 Å². The number of oxazole rings is 1. The molecule has 0 radical (unpaired) electrons. The highest BCUT2D eigenvalue weighted by molar-refractivity contribution is 9.10. The summed E-state index contributed by atoms with van der Waals surface area (Å²) in [4.78, 5) is 4.27. The number of hydrogen-bond donors (Lipinski definition) is 1. The second kappa shape index (κ2) is 5.47. The molecular weight excluding hydrogens is 280 g/mol. The molecule has 0 spiro atoms. The summed E-state index contributed by atoms with van der Waals surface area (Å²) in [6.07, 6.45) is 2.59. The predicted octanol–water partition coefficient (Wildman–Crippen LogP) is 3.17. The average molecular weight is 295 g/mol. The summed E-state index contributed by atoms with van der Waals surface area (Å²) < 4.78 is 6.79. The molecule has 0 unspecified atom stereocenters. The molecule has 0 aliphatic heterocycles. The fraction of sp³-hybridized carbons (Fsp3) is 0.308. The Balaban J connectivity index is 2.27. The molecule has 0 saturated heterocycles. The lowest BCUT2D eigenvalue weighted by Crippen LogP contribution is -2.10. The Labute approximate surface area is 109 Å². The molecule has 0 aliphatic rings. The van der Waals surface area contributed by atoms with Gasteiger partial charge in [0.15, 0.2) is 11.7 Å². The Morgan fingerprint density at radius 2 is 2.24 bits per heavy atom. The zero-order valence-corrected chi connectivity index (χ0v) is 11.5. The zero-order valence-electron chi connectivity index (χ0n) is 9.96. The summed E-state index contributed by atoms with van der Waals surface area (Å²) in [7, 11) is 1.92. The minimum Gasteiger partial charge on any atom is -0.441 e. The van der Waals surface area contributed by atoms with Crippen molar-refractivity contribution in [3.8, 4) is 11.3 Å². The highest BCUT2D eigenvalue weighted by Crippen LogP contribution is 2.31. The van der Waals surface area contributed by atoms with E-state index in [9.17, 15) is 0 Å². The molecule has 90 valence electrons. The van der Waals surface area contributed by atoms with Crippen molar-refractivity contribution in [3.63, 3.8) is 0 Å². The van der Waals surface area contributed by atoms with Crippen molar-refractivity contribution < 1.29 is 4.42 Å². The van der Waals surface area contributed by atoms with Gasteiger partial charge in [0.1, 0.15) is 0 Å². The molecular formula is C13H15BrN2O. The second-order valence-electron chi connectivity index (χ2n) is 3.91. The van der Waals surface area contributed by atoms with Crippen LogP contribution < -0.4 is 5.32 Å². The van der Waals surface area contributed by atoms with E-state index in [1.165, 1.54) is 5.56 Å². The molecule has 0 amide bonds. The fourth-order valence-corrected chi connectivity index (χ4v) is 2.08. The molecule has 2 rings (SSSR count). The number of nitrogens with one attached hydrogen (secondary N) is 1. The zero-order chi connectivity index (χ0) is 12.3. The molecule has 0 saturated carbocycles. The topological polar surface area (TPSA) is 38.1 Å². The van der Waals surface area contributed by atoms with Crippen LogP contribution in [0.4, 0.5) is 0 Å². The first kappa shape index (κ1) is 12.3. The van der Waals surface area contributed by atoms with Crippen LogP contribution in [0.15, 0.2) is 33.3 Å². The molecule has 1 N–H and O–H groups in total. The molecule has 1 heterocycles. The molecule has 1 aromatic carbocycles. The number of aryl methyl sites for hydroxylation is 1. The van der Waals surface area contributed by atoms with Gasteiger partial charge in [0.2, 0.25) is 0 Å². The van der Waals surface area contributed by atoms with Gasteiger partial charge in [-0.05, 0) is 35.5 Å². The molecule has 4 heteroatoms. The Morgan fingerprint density at radius 3 is 3.00 bits per heavy atom. The Hall–Kier alpha value is -1.13. The van der Waals surface area contributed by atoms with Gasteiger partial charge >= 0.3 is 0 Å². The van der Waals surface area contributed by atoms with Gasteiger partial charge in [-0.3, -0.25) is 0 Å². The van der Waals surface area contributed by atoms with Crippen molar-refractivity contribution in [2.75, 3.05) is 13.6 Å². The van der Waals surface area contributed by atoms with E-state index in [2.05, 4.69) is 39.2 Å². The molecule has 1 aromatic heterocycles. The first-order valence-electron chi connectivity index (χ1n) is 5.57. The summed E-state index contributed by atoms with van der Waals surface area (Å²) in [5.41, 5.74) is 2.24. The van der Waals surface area contributed by atoms with Crippen LogP contribution in [0.3, 0.4) is 0 Å². The van der Waals surface area contributed by atoms with Gasteiger partial charge in [0.05, 0.1) is 6.20 Å². The molecule has 0 bridgehead atoms. The number of hydrogen-bond acceptors (Lipinski definition) is 3. The highest BCUT2D eigenvalue weighted by atomic mass is 79.9. The molecule has 2 aromatic rings. The first-order valence-corrected chi connectivity index (χ1v) is 6.36. The Bertz CT molecular complexity index is 508. The van der Waals surface area contributed by atoms with E-state index in [1.807, 2.05) is 19.2 Å². The van der Waals surface area contributed by atoms with Gasteiger partial charge in [0.25, 0.3) is 0 Å². The standard InChI is InChI=1S/C13H15BrN2O/c1-9-4-3-5-10(13(9)14)11-8-16-12(17-11)6-7-15-2/h3-5,8,15H,6-7H2,1-2H3. The van der Waals surface area contributed by atoms with Crippen LogP contribution >= 0.6 is 15.9 Å². The average Bonchev–Trinajstić information content (AvgIpc) is 2.78. The minimum atomic E-state index is 0.766. The van der Waals surface area contributed by atoms with Crippen LogP contribution in [0, 0.1) is 6.92 Å². The lowest BCUT2D eigenvalue weighted by molar-refractivity contribution is 0.500. The summed E-state index contributed by atoms with van der Waals surface area (Å²) in [5, 5.41) is 3.08. The van der Waals surface area contributed by atoms with E-state index >= 15 is 0 Å². The molecule has 0 aliphatic carbocycles. The van der Waals surface area contributed by atoms with E-state index in [0.717, 1.165) is 34.7 Å². The summed E-state index contributed by atoms with van der Waals surface area (Å²) in [5.74, 6) is 1.58. The lowest BCUT2D eigenvalue weighted by atomic mass is 10.1. The quantitative estimate of drug-likeness (QED) is 0.941. The van der Waals surface area contributed by atoms with E-state index < -0.39 is 0 Å². The normalized spacial score (nSPS) is 10.8. The van der Waals surface area contributed by atoms with E-state index in [0.29, 0.717) is 0 Å². The Kier molecular flexibility index (Phi) is 3.97. The third kappa shape index (κ3) is 2.76. The van der Waals surface area contributed by atoms with E-state index in [1.54, 1.807) is 6.20 Å². The molecule has 17 heavy (non-hydrogen) atoms. The van der Waals surface area contributed by atoms with Crippen molar-refractivity contribution in [3.05, 3.63) is 40.3 Å². The highest BCUT2D eigenvalue weighted by Gasteiger charge is 2.10. The molecule has 0 atom stereocenters. The lowest BCUT2D eigenvalue weighted by Gasteiger charge is -2.03. The third-order valence-corrected chi connectivity index (χ3v) is 3.65. The van der Waals surface area contributed by atoms with Crippen LogP contribution in [-0.4, -0.2) is 18.6 Å². The van der Waals surface area contributed by atoms with Crippen LogP contribution in [0.5, 0.6) is 0 Å². The summed E-state index contributed by atoms with van der Waals surface area (Å²) >= 11 is 3.58. The monoisotopic (exact) mass is 294 g/mol. The van der Waals surface area contributed by atoms with Gasteiger partial charge in [-0.15, -0.1) is 0 Å². The number of rotatable bonds is 4. The molecule has 0 fully saturated rings. The number of aromatic nitrogens is 1. The van der Waals surface area contributed by atoms with Gasteiger partial charge in [0, 0.05) is 23.0 Å².